The number of ether oxygens (including phenoxy) is 2. The number of aromatic nitrogens is 3. The Morgan fingerprint density at radius 3 is 2.57 bits per heavy atom. The standard InChI is InChI=1S/C19H15B4F2N7O3/c1-26-14-5-13(31-16-11(6-27-32(14)16)30-17(33)29-9-4-8(9)25)28-10-2-7(24)3-12-15(10)35-19(22,23)18(20,21)34-12/h2-3,5-6,8-9,26H,4H2,1H3,(H,28,31)(H2,29,30,33)/t8-,9+/m0/s1. The summed E-state index contributed by atoms with van der Waals surface area (Å²) in [6.45, 7) is 0. The number of halogens is 2. The third-order valence-corrected chi connectivity index (χ3v) is 5.45. The summed E-state index contributed by atoms with van der Waals surface area (Å²) in [4.78, 5) is 16.6. The Labute approximate surface area is 203 Å². The number of urea groups is 1. The van der Waals surface area contributed by atoms with Gasteiger partial charge in [-0.2, -0.15) is 9.61 Å². The minimum atomic E-state index is -2.14. The monoisotopic (exact) mass is 471 g/mol. The van der Waals surface area contributed by atoms with Gasteiger partial charge in [0, 0.05) is 42.5 Å². The lowest BCUT2D eigenvalue weighted by Gasteiger charge is -2.48. The van der Waals surface area contributed by atoms with Crippen LogP contribution in [0.15, 0.2) is 24.4 Å². The molecule has 170 valence electrons. The van der Waals surface area contributed by atoms with E-state index in [1.165, 1.54) is 10.7 Å². The number of hydrogen-bond acceptors (Lipinski definition) is 7. The Balaban J connectivity index is 1.49. The molecule has 1 saturated carbocycles. The maximum absolute atomic E-state index is 14.3. The first kappa shape index (κ1) is 23.2. The minimum Gasteiger partial charge on any atom is -0.501 e. The molecule has 5 rings (SSSR count). The van der Waals surface area contributed by atoms with Gasteiger partial charge in [0.25, 0.3) is 0 Å². The van der Waals surface area contributed by atoms with Crippen LogP contribution in [-0.4, -0.2) is 82.1 Å². The first-order chi connectivity index (χ1) is 16.5. The van der Waals surface area contributed by atoms with Crippen molar-refractivity contribution in [1.29, 1.82) is 0 Å². The number of anilines is 4. The molecule has 3 heterocycles. The summed E-state index contributed by atoms with van der Waals surface area (Å²) in [7, 11) is 24.8. The first-order valence-electron chi connectivity index (χ1n) is 10.4. The number of hydrogen-bond donors (Lipinski definition) is 4. The highest BCUT2D eigenvalue weighted by Crippen LogP contribution is 2.45. The second-order valence-electron chi connectivity index (χ2n) is 8.22. The smallest absolute Gasteiger partial charge is 0.319 e. The van der Waals surface area contributed by atoms with Crippen molar-refractivity contribution in [3.63, 3.8) is 0 Å². The molecule has 35 heavy (non-hydrogen) atoms. The third kappa shape index (κ3) is 4.21. The van der Waals surface area contributed by atoms with Crippen LogP contribution in [0, 0.1) is 5.82 Å². The van der Waals surface area contributed by atoms with Crippen LogP contribution in [0.2, 0.25) is 0 Å². The molecule has 4 N–H and O–H groups in total. The van der Waals surface area contributed by atoms with Gasteiger partial charge in [-0.3, -0.25) is 0 Å². The third-order valence-electron chi connectivity index (χ3n) is 5.45. The SMILES string of the molecule is [B]C1([B])Oc2cc(F)cc(Nc3cc(NC)n4ncc(NC(=O)N[C@@H]5C[C@@H]5F)c4n3)c2OC1([B])[B]. The number of nitrogens with one attached hydrogen (secondary N) is 4. The van der Waals surface area contributed by atoms with E-state index in [1.807, 2.05) is 0 Å². The molecule has 2 aromatic heterocycles. The van der Waals surface area contributed by atoms with E-state index in [2.05, 4.69) is 31.3 Å². The van der Waals surface area contributed by atoms with Crippen molar-refractivity contribution in [2.45, 2.75) is 29.4 Å². The molecule has 10 nitrogen and oxygen atoms in total. The van der Waals surface area contributed by atoms with Gasteiger partial charge in [0.15, 0.2) is 17.1 Å². The Hall–Kier alpha value is -3.57. The lowest BCUT2D eigenvalue weighted by molar-refractivity contribution is 0.0621. The van der Waals surface area contributed by atoms with E-state index >= 15 is 0 Å². The molecule has 16 heteroatoms. The summed E-state index contributed by atoms with van der Waals surface area (Å²) in [5.41, 5.74) is 0.544. The number of benzene rings is 1. The minimum absolute atomic E-state index is 0.0490. The molecule has 2 amide bonds. The van der Waals surface area contributed by atoms with Crippen LogP contribution in [0.5, 0.6) is 11.5 Å². The van der Waals surface area contributed by atoms with Gasteiger partial charge in [-0.05, 0) is 0 Å². The van der Waals surface area contributed by atoms with Crippen LogP contribution in [0.3, 0.4) is 0 Å². The fourth-order valence-electron chi connectivity index (χ4n) is 3.42. The molecule has 2 aliphatic rings. The number of amides is 2. The van der Waals surface area contributed by atoms with Gasteiger partial charge >= 0.3 is 6.03 Å². The lowest BCUT2D eigenvalue weighted by atomic mass is 9.41. The average molecular weight is 471 g/mol. The predicted molar refractivity (Wildman–Crippen MR) is 127 cm³/mol. The molecule has 1 aliphatic heterocycles. The van der Waals surface area contributed by atoms with E-state index < -0.39 is 34.9 Å². The summed E-state index contributed by atoms with van der Waals surface area (Å²) < 4.78 is 39.8. The second kappa shape index (κ2) is 7.99. The van der Waals surface area contributed by atoms with Gasteiger partial charge in [-0.1, -0.05) is 0 Å². The summed E-state index contributed by atoms with van der Waals surface area (Å²) >= 11 is 0. The van der Waals surface area contributed by atoms with Gasteiger partial charge < -0.3 is 30.7 Å². The molecule has 0 bridgehead atoms. The van der Waals surface area contributed by atoms with E-state index in [-0.39, 0.29) is 40.8 Å². The van der Waals surface area contributed by atoms with E-state index in [0.29, 0.717) is 5.82 Å². The van der Waals surface area contributed by atoms with Crippen LogP contribution >= 0.6 is 0 Å². The van der Waals surface area contributed by atoms with Crippen molar-refractivity contribution in [1.82, 2.24) is 19.9 Å². The Morgan fingerprint density at radius 2 is 1.89 bits per heavy atom. The van der Waals surface area contributed by atoms with Crippen LogP contribution < -0.4 is 30.7 Å². The first-order valence-corrected chi connectivity index (χ1v) is 10.4. The van der Waals surface area contributed by atoms with Gasteiger partial charge in [-0.15, -0.1) is 0 Å². The topological polar surface area (TPSA) is 114 Å². The molecule has 0 saturated heterocycles. The lowest BCUT2D eigenvalue weighted by Crippen LogP contribution is -2.65. The van der Waals surface area contributed by atoms with E-state index in [0.717, 1.165) is 12.1 Å². The Bertz CT molecular complexity index is 1340. The highest BCUT2D eigenvalue weighted by Gasteiger charge is 2.44. The Morgan fingerprint density at radius 1 is 1.17 bits per heavy atom. The maximum atomic E-state index is 14.3. The zero-order valence-electron chi connectivity index (χ0n) is 18.3. The molecule has 0 unspecified atom stereocenters. The number of alkyl halides is 1. The Kier molecular flexibility index (Phi) is 5.29. The second-order valence-corrected chi connectivity index (χ2v) is 8.22. The van der Waals surface area contributed by atoms with Crippen molar-refractivity contribution in [2.75, 3.05) is 23.0 Å². The van der Waals surface area contributed by atoms with Crippen LogP contribution in [0.25, 0.3) is 5.65 Å². The van der Waals surface area contributed by atoms with Crippen molar-refractivity contribution in [3.8, 4) is 11.5 Å². The number of rotatable bonds is 5. The quantitative estimate of drug-likeness (QED) is 0.405. The molecule has 1 aliphatic carbocycles. The van der Waals surface area contributed by atoms with Crippen LogP contribution in [-0.2, 0) is 0 Å². The largest absolute Gasteiger partial charge is 0.501 e. The van der Waals surface area contributed by atoms with E-state index in [4.69, 9.17) is 40.9 Å². The van der Waals surface area contributed by atoms with E-state index in [1.54, 1.807) is 13.1 Å². The predicted octanol–water partition coefficient (Wildman–Crippen LogP) is 0.638. The molecule has 2 atom stereocenters. The van der Waals surface area contributed by atoms with E-state index in [9.17, 15) is 13.6 Å². The van der Waals surface area contributed by atoms with Gasteiger partial charge in [0.1, 0.15) is 60.7 Å². The number of nitrogens with zero attached hydrogens (tertiary/aromatic N) is 3. The maximum Gasteiger partial charge on any atom is 0.319 e. The molecular formula is C19H15B4F2N7O3. The van der Waals surface area contributed by atoms with Crippen molar-refractivity contribution >= 4 is 66.1 Å². The fraction of sp³-hybridized carbons (Fsp3) is 0.316. The highest BCUT2D eigenvalue weighted by molar-refractivity contribution is 6.53. The summed E-state index contributed by atoms with van der Waals surface area (Å²) in [5, 5.41) is 10.9. The molecule has 0 spiro atoms. The van der Waals surface area contributed by atoms with Gasteiger partial charge in [0.2, 0.25) is 0 Å². The fourth-order valence-corrected chi connectivity index (χ4v) is 3.42. The molecule has 3 aromatic rings. The highest BCUT2D eigenvalue weighted by atomic mass is 19.1. The molecule has 1 fully saturated rings. The number of carbonyl (C=O) groups excluding carboxylic acids is 1. The molecule has 1 aromatic carbocycles. The van der Waals surface area contributed by atoms with Crippen molar-refractivity contribution in [3.05, 3.63) is 30.2 Å². The van der Waals surface area contributed by atoms with Crippen molar-refractivity contribution < 1.29 is 23.0 Å². The normalized spacial score (nSPS) is 21.2. The molecular weight excluding hydrogens is 455 g/mol. The summed E-state index contributed by atoms with van der Waals surface area (Å²) in [6.07, 6.45) is 0.597. The molecule has 8 radical (unpaired) electrons. The van der Waals surface area contributed by atoms with Crippen LogP contribution in [0.4, 0.5) is 36.6 Å². The van der Waals surface area contributed by atoms with Crippen molar-refractivity contribution in [2.24, 2.45) is 0 Å². The average Bonchev–Trinajstić information content (AvgIpc) is 3.30. The van der Waals surface area contributed by atoms with Gasteiger partial charge in [0.05, 0.1) is 17.9 Å². The van der Waals surface area contributed by atoms with Gasteiger partial charge in [-0.25, -0.2) is 18.6 Å². The zero-order chi connectivity index (χ0) is 25.1. The zero-order valence-corrected chi connectivity index (χ0v) is 18.3. The summed E-state index contributed by atoms with van der Waals surface area (Å²) in [6, 6.07) is 2.57. The van der Waals surface area contributed by atoms with Crippen LogP contribution in [0.1, 0.15) is 6.42 Å². The summed E-state index contributed by atoms with van der Waals surface area (Å²) in [5.74, 6) is -0.211. The number of fused-ring (bicyclic) bond motifs is 2. The number of carbonyl (C=O) groups is 1.